The quantitative estimate of drug-likeness (QED) is 0.818. The molecule has 0 amide bonds. The Balaban J connectivity index is 2.46. The van der Waals surface area contributed by atoms with Gasteiger partial charge in [0.25, 0.3) is 0 Å². The van der Waals surface area contributed by atoms with E-state index in [1.165, 1.54) is 0 Å². The molecule has 0 bridgehead atoms. The van der Waals surface area contributed by atoms with E-state index in [4.69, 9.17) is 11.6 Å². The average molecular weight is 315 g/mol. The minimum absolute atomic E-state index is 0.0384. The van der Waals surface area contributed by atoms with Crippen molar-refractivity contribution >= 4 is 17.6 Å². The van der Waals surface area contributed by atoms with Crippen molar-refractivity contribution in [2.24, 2.45) is 5.92 Å². The number of aliphatic hydroxyl groups is 1. The highest BCUT2D eigenvalue weighted by molar-refractivity contribution is 6.30. The number of methoxy groups -OCH3 is 1. The number of ether oxygens (including phenoxy) is 1. The number of halogens is 2. The van der Waals surface area contributed by atoms with Crippen LogP contribution in [-0.4, -0.2) is 30.0 Å². The predicted molar refractivity (Wildman–Crippen MR) is 79.1 cm³/mol. The molecule has 1 N–H and O–H groups in total. The highest BCUT2D eigenvalue weighted by Gasteiger charge is 2.57. The van der Waals surface area contributed by atoms with Gasteiger partial charge in [-0.1, -0.05) is 30.7 Å². The van der Waals surface area contributed by atoms with Gasteiger partial charge >= 0.3 is 5.97 Å². The van der Waals surface area contributed by atoms with Crippen LogP contribution >= 0.6 is 11.6 Å². The number of benzene rings is 1. The summed E-state index contributed by atoms with van der Waals surface area (Å²) in [6, 6.07) is 6.76. The molecule has 1 aliphatic carbocycles. The van der Waals surface area contributed by atoms with Crippen molar-refractivity contribution in [3.63, 3.8) is 0 Å². The topological polar surface area (TPSA) is 46.5 Å². The maximum atomic E-state index is 15.6. The number of hydrogen-bond donors (Lipinski definition) is 1. The molecule has 1 aromatic carbocycles. The van der Waals surface area contributed by atoms with Crippen LogP contribution in [0, 0.1) is 5.92 Å². The normalized spacial score (nSPS) is 20.4. The summed E-state index contributed by atoms with van der Waals surface area (Å²) < 4.78 is 20.2. The summed E-state index contributed by atoms with van der Waals surface area (Å²) in [5.74, 6) is -1.68. The van der Waals surface area contributed by atoms with Crippen LogP contribution < -0.4 is 0 Å². The van der Waals surface area contributed by atoms with Crippen LogP contribution in [0.3, 0.4) is 0 Å². The summed E-state index contributed by atoms with van der Waals surface area (Å²) >= 11 is 5.87. The van der Waals surface area contributed by atoms with E-state index in [1.807, 2.05) is 0 Å². The molecule has 1 aliphatic rings. The molecule has 2 rings (SSSR count). The number of carbonyl (C=O) groups excluding carboxylic acids is 1. The van der Waals surface area contributed by atoms with Gasteiger partial charge in [-0.05, 0) is 42.9 Å². The molecular formula is C16H20ClFO3. The van der Waals surface area contributed by atoms with Crippen LogP contribution in [0.1, 0.15) is 37.7 Å². The Bertz CT molecular complexity index is 501. The third-order valence-corrected chi connectivity index (χ3v) is 4.40. The smallest absolute Gasteiger partial charge is 0.347 e. The average Bonchev–Trinajstić information content (AvgIpc) is 3.32. The number of hydrogen-bond acceptors (Lipinski definition) is 3. The molecule has 3 nitrogen and oxygen atoms in total. The van der Waals surface area contributed by atoms with Gasteiger partial charge in [-0.15, -0.1) is 0 Å². The maximum absolute atomic E-state index is 15.6. The standard InChI is InChI=1S/C16H20ClFO3/c1-3-13(19)16(18,15(20)21-2)14(10-4-5-10)11-6-8-12(17)9-7-11/h6-10,13-14,19H,3-5H2,1-2H3/t13?,14-,16?/m1/s1. The van der Waals surface area contributed by atoms with E-state index < -0.39 is 23.7 Å². The first-order chi connectivity index (χ1) is 9.94. The molecule has 0 heterocycles. The van der Waals surface area contributed by atoms with E-state index >= 15 is 4.39 Å². The predicted octanol–water partition coefficient (Wildman–Crippen LogP) is 3.49. The number of esters is 1. The van der Waals surface area contributed by atoms with Gasteiger partial charge in [-0.2, -0.15) is 0 Å². The molecule has 0 spiro atoms. The second kappa shape index (κ2) is 6.32. The molecule has 0 radical (unpaired) electrons. The van der Waals surface area contributed by atoms with Crippen LogP contribution in [0.5, 0.6) is 0 Å². The third-order valence-electron chi connectivity index (χ3n) is 4.15. The van der Waals surface area contributed by atoms with E-state index in [9.17, 15) is 9.90 Å². The van der Waals surface area contributed by atoms with E-state index in [0.717, 1.165) is 20.0 Å². The minimum Gasteiger partial charge on any atom is -0.467 e. The molecule has 3 atom stereocenters. The fraction of sp³-hybridized carbons (Fsp3) is 0.562. The molecule has 116 valence electrons. The Morgan fingerprint density at radius 3 is 2.48 bits per heavy atom. The first-order valence-electron chi connectivity index (χ1n) is 7.16. The number of aliphatic hydroxyl groups excluding tert-OH is 1. The molecular weight excluding hydrogens is 295 g/mol. The van der Waals surface area contributed by atoms with Gasteiger partial charge in [0.15, 0.2) is 0 Å². The lowest BCUT2D eigenvalue weighted by Crippen LogP contribution is -2.51. The zero-order valence-corrected chi connectivity index (χ0v) is 12.9. The Kier molecular flexibility index (Phi) is 4.89. The van der Waals surface area contributed by atoms with Crippen LogP contribution in [-0.2, 0) is 9.53 Å². The maximum Gasteiger partial charge on any atom is 0.347 e. The monoisotopic (exact) mass is 314 g/mol. The summed E-state index contributed by atoms with van der Waals surface area (Å²) in [5.41, 5.74) is -1.76. The van der Waals surface area contributed by atoms with Crippen LogP contribution in [0.2, 0.25) is 5.02 Å². The highest BCUT2D eigenvalue weighted by Crippen LogP contribution is 2.51. The summed E-state index contributed by atoms with van der Waals surface area (Å²) in [7, 11) is 1.14. The second-order valence-corrected chi connectivity index (χ2v) is 5.99. The highest BCUT2D eigenvalue weighted by atomic mass is 35.5. The Morgan fingerprint density at radius 2 is 2.05 bits per heavy atom. The fourth-order valence-electron chi connectivity index (χ4n) is 2.88. The summed E-state index contributed by atoms with van der Waals surface area (Å²) in [4.78, 5) is 12.1. The van der Waals surface area contributed by atoms with Gasteiger partial charge in [-0.25, -0.2) is 9.18 Å². The Morgan fingerprint density at radius 1 is 1.48 bits per heavy atom. The van der Waals surface area contributed by atoms with Crippen molar-refractivity contribution in [3.8, 4) is 0 Å². The van der Waals surface area contributed by atoms with Crippen molar-refractivity contribution < 1.29 is 19.0 Å². The molecule has 21 heavy (non-hydrogen) atoms. The van der Waals surface area contributed by atoms with Crippen molar-refractivity contribution in [3.05, 3.63) is 34.9 Å². The molecule has 0 aliphatic heterocycles. The van der Waals surface area contributed by atoms with Crippen LogP contribution in [0.25, 0.3) is 0 Å². The van der Waals surface area contributed by atoms with E-state index in [2.05, 4.69) is 4.74 Å². The zero-order valence-electron chi connectivity index (χ0n) is 12.2. The Labute approximate surface area is 129 Å². The molecule has 1 aromatic rings. The molecule has 1 fully saturated rings. The van der Waals surface area contributed by atoms with Gasteiger partial charge < -0.3 is 9.84 Å². The number of alkyl halides is 1. The second-order valence-electron chi connectivity index (χ2n) is 5.55. The molecule has 2 unspecified atom stereocenters. The SMILES string of the molecule is CCC(O)C(F)(C(=O)OC)[C@@H](c1ccc(Cl)cc1)C1CC1. The Hall–Kier alpha value is -1.13. The summed E-state index contributed by atoms with van der Waals surface area (Å²) in [6.45, 7) is 1.65. The first-order valence-corrected chi connectivity index (χ1v) is 7.53. The fourth-order valence-corrected chi connectivity index (χ4v) is 3.01. The zero-order chi connectivity index (χ0) is 15.6. The minimum atomic E-state index is -2.43. The number of carbonyl (C=O) groups is 1. The van der Waals surface area contributed by atoms with E-state index in [1.54, 1.807) is 31.2 Å². The lowest BCUT2D eigenvalue weighted by molar-refractivity contribution is -0.167. The summed E-state index contributed by atoms with van der Waals surface area (Å²) in [5, 5.41) is 10.7. The van der Waals surface area contributed by atoms with Gasteiger partial charge in [0, 0.05) is 10.9 Å². The van der Waals surface area contributed by atoms with Gasteiger partial charge in [0.2, 0.25) is 5.67 Å². The molecule has 0 saturated heterocycles. The van der Waals surface area contributed by atoms with Crippen molar-refractivity contribution in [2.75, 3.05) is 7.11 Å². The van der Waals surface area contributed by atoms with Crippen molar-refractivity contribution in [1.29, 1.82) is 0 Å². The first kappa shape index (κ1) is 16.2. The molecule has 0 aromatic heterocycles. The summed E-state index contributed by atoms with van der Waals surface area (Å²) in [6.07, 6.45) is 0.424. The van der Waals surface area contributed by atoms with E-state index in [0.29, 0.717) is 10.6 Å². The van der Waals surface area contributed by atoms with E-state index in [-0.39, 0.29) is 12.3 Å². The lowest BCUT2D eigenvalue weighted by atomic mass is 9.76. The van der Waals surface area contributed by atoms with Crippen LogP contribution in [0.15, 0.2) is 24.3 Å². The third kappa shape index (κ3) is 3.06. The largest absolute Gasteiger partial charge is 0.467 e. The van der Waals surface area contributed by atoms with Crippen LogP contribution in [0.4, 0.5) is 4.39 Å². The number of rotatable bonds is 6. The van der Waals surface area contributed by atoms with Crippen molar-refractivity contribution in [2.45, 2.75) is 43.9 Å². The van der Waals surface area contributed by atoms with Gasteiger partial charge in [0.05, 0.1) is 13.2 Å². The van der Waals surface area contributed by atoms with Gasteiger partial charge in [0.1, 0.15) is 0 Å². The van der Waals surface area contributed by atoms with Crippen molar-refractivity contribution in [1.82, 2.24) is 0 Å². The molecule has 1 saturated carbocycles. The lowest BCUT2D eigenvalue weighted by Gasteiger charge is -2.35. The van der Waals surface area contributed by atoms with Gasteiger partial charge in [-0.3, -0.25) is 0 Å². The molecule has 5 heteroatoms.